The molecule has 1 aromatic rings. The van der Waals surface area contributed by atoms with Crippen LogP contribution < -0.4 is 0 Å². The smallest absolute Gasteiger partial charge is 0.105 e. The number of aliphatic hydroxyl groups excluding tert-OH is 1. The second-order valence-electron chi connectivity index (χ2n) is 3.40. The van der Waals surface area contributed by atoms with E-state index in [0.29, 0.717) is 6.54 Å². The van der Waals surface area contributed by atoms with Crippen LogP contribution in [0.4, 0.5) is 0 Å². The molecule has 1 rings (SSSR count). The molecule has 3 heteroatoms. The van der Waals surface area contributed by atoms with Crippen LogP contribution in [-0.2, 0) is 6.54 Å². The average molecular weight is 183 g/mol. The molecule has 1 heterocycles. The molecule has 0 fully saturated rings. The first-order chi connectivity index (χ1) is 6.13. The number of rotatable bonds is 4. The lowest BCUT2D eigenvalue weighted by molar-refractivity contribution is 0.216. The van der Waals surface area contributed by atoms with Gasteiger partial charge >= 0.3 is 0 Å². The Labute approximate surface area is 79.0 Å². The Balaban J connectivity index is 2.57. The van der Waals surface area contributed by atoms with Crippen molar-refractivity contribution >= 4 is 0 Å². The van der Waals surface area contributed by atoms with E-state index in [4.69, 9.17) is 9.52 Å². The molecule has 13 heavy (non-hydrogen) atoms. The van der Waals surface area contributed by atoms with Gasteiger partial charge in [0.25, 0.3) is 0 Å². The van der Waals surface area contributed by atoms with Gasteiger partial charge in [-0.25, -0.2) is 0 Å². The summed E-state index contributed by atoms with van der Waals surface area (Å²) in [7, 11) is 1.98. The predicted octanol–water partition coefficient (Wildman–Crippen LogP) is 1.32. The van der Waals surface area contributed by atoms with E-state index < -0.39 is 0 Å². The Hall–Kier alpha value is -0.800. The molecule has 0 saturated carbocycles. The van der Waals surface area contributed by atoms with Gasteiger partial charge in [0.05, 0.1) is 6.61 Å². The van der Waals surface area contributed by atoms with E-state index in [9.17, 15) is 0 Å². The quantitative estimate of drug-likeness (QED) is 0.765. The highest BCUT2D eigenvalue weighted by Gasteiger charge is 2.06. The Bertz CT molecular complexity index is 268. The van der Waals surface area contributed by atoms with Gasteiger partial charge in [-0.15, -0.1) is 0 Å². The minimum absolute atomic E-state index is 0.201. The van der Waals surface area contributed by atoms with Crippen molar-refractivity contribution < 1.29 is 9.52 Å². The van der Waals surface area contributed by atoms with Crippen LogP contribution in [0.25, 0.3) is 0 Å². The molecule has 0 saturated heterocycles. The topological polar surface area (TPSA) is 36.6 Å². The predicted molar refractivity (Wildman–Crippen MR) is 51.6 cm³/mol. The highest BCUT2D eigenvalue weighted by atomic mass is 16.3. The maximum absolute atomic E-state index is 8.72. The maximum Gasteiger partial charge on any atom is 0.105 e. The molecule has 1 N–H and O–H groups in total. The number of aryl methyl sites for hydroxylation is 2. The van der Waals surface area contributed by atoms with Gasteiger partial charge in [-0.3, -0.25) is 4.90 Å². The molecule has 1 aromatic heterocycles. The number of hydrogen-bond acceptors (Lipinski definition) is 3. The summed E-state index contributed by atoms with van der Waals surface area (Å²) in [5.74, 6) is 1.92. The van der Waals surface area contributed by atoms with Crippen molar-refractivity contribution in [1.82, 2.24) is 4.90 Å². The van der Waals surface area contributed by atoms with E-state index in [1.807, 2.05) is 27.0 Å². The summed E-state index contributed by atoms with van der Waals surface area (Å²) < 4.78 is 5.40. The highest BCUT2D eigenvalue weighted by Crippen LogP contribution is 2.14. The molecular formula is C10H17NO2. The molecule has 0 amide bonds. The van der Waals surface area contributed by atoms with Crippen LogP contribution in [0.1, 0.15) is 17.1 Å². The summed E-state index contributed by atoms with van der Waals surface area (Å²) in [6.07, 6.45) is 0. The van der Waals surface area contributed by atoms with E-state index in [1.165, 1.54) is 5.56 Å². The first kappa shape index (κ1) is 10.3. The monoisotopic (exact) mass is 183 g/mol. The van der Waals surface area contributed by atoms with Crippen LogP contribution >= 0.6 is 0 Å². The molecule has 0 spiro atoms. The number of hydrogen-bond donors (Lipinski definition) is 1. The van der Waals surface area contributed by atoms with Crippen LogP contribution in [0.5, 0.6) is 0 Å². The summed E-state index contributed by atoms with van der Waals surface area (Å²) in [6, 6.07) is 2.04. The molecule has 0 unspecified atom stereocenters. The summed E-state index contributed by atoms with van der Waals surface area (Å²) >= 11 is 0. The summed E-state index contributed by atoms with van der Waals surface area (Å²) in [4.78, 5) is 2.07. The second kappa shape index (κ2) is 4.44. The largest absolute Gasteiger partial charge is 0.466 e. The van der Waals surface area contributed by atoms with Crippen molar-refractivity contribution in [3.63, 3.8) is 0 Å². The lowest BCUT2D eigenvalue weighted by Gasteiger charge is -2.13. The summed E-state index contributed by atoms with van der Waals surface area (Å²) in [5, 5.41) is 8.72. The van der Waals surface area contributed by atoms with E-state index in [0.717, 1.165) is 18.1 Å². The van der Waals surface area contributed by atoms with Crippen LogP contribution in [-0.4, -0.2) is 30.2 Å². The van der Waals surface area contributed by atoms with Crippen LogP contribution in [0.15, 0.2) is 10.5 Å². The van der Waals surface area contributed by atoms with Crippen molar-refractivity contribution in [3.05, 3.63) is 23.2 Å². The molecule has 0 aliphatic carbocycles. The number of likely N-dealkylation sites (N-methyl/N-ethyl adjacent to an activating group) is 1. The molecular weight excluding hydrogens is 166 g/mol. The van der Waals surface area contributed by atoms with Gasteiger partial charge in [-0.2, -0.15) is 0 Å². The Kier molecular flexibility index (Phi) is 3.51. The fourth-order valence-corrected chi connectivity index (χ4v) is 1.38. The van der Waals surface area contributed by atoms with Crippen LogP contribution in [0, 0.1) is 13.8 Å². The van der Waals surface area contributed by atoms with Crippen molar-refractivity contribution in [2.75, 3.05) is 20.2 Å². The third kappa shape index (κ3) is 2.86. The van der Waals surface area contributed by atoms with E-state index >= 15 is 0 Å². The zero-order chi connectivity index (χ0) is 9.84. The summed E-state index contributed by atoms with van der Waals surface area (Å²) in [6.45, 7) is 5.65. The molecule has 3 nitrogen and oxygen atoms in total. The van der Waals surface area contributed by atoms with Gasteiger partial charge in [0.15, 0.2) is 0 Å². The van der Waals surface area contributed by atoms with Crippen molar-refractivity contribution in [2.45, 2.75) is 20.4 Å². The van der Waals surface area contributed by atoms with Crippen molar-refractivity contribution in [2.24, 2.45) is 0 Å². The molecule has 0 aromatic carbocycles. The summed E-state index contributed by atoms with van der Waals surface area (Å²) in [5.41, 5.74) is 1.20. The Morgan fingerprint density at radius 2 is 2.15 bits per heavy atom. The third-order valence-electron chi connectivity index (χ3n) is 2.07. The molecule has 0 bridgehead atoms. The van der Waals surface area contributed by atoms with Gasteiger partial charge in [0, 0.05) is 18.7 Å². The lowest BCUT2D eigenvalue weighted by Crippen LogP contribution is -2.21. The fourth-order valence-electron chi connectivity index (χ4n) is 1.38. The first-order valence-corrected chi connectivity index (χ1v) is 4.49. The molecule has 0 atom stereocenters. The molecule has 0 radical (unpaired) electrons. The van der Waals surface area contributed by atoms with Gasteiger partial charge in [-0.05, 0) is 27.0 Å². The van der Waals surface area contributed by atoms with Gasteiger partial charge < -0.3 is 9.52 Å². The molecule has 0 aliphatic heterocycles. The average Bonchev–Trinajstić information content (AvgIpc) is 2.30. The number of nitrogens with zero attached hydrogens (tertiary/aromatic N) is 1. The zero-order valence-corrected chi connectivity index (χ0v) is 8.50. The van der Waals surface area contributed by atoms with Crippen LogP contribution in [0.2, 0.25) is 0 Å². The lowest BCUT2D eigenvalue weighted by atomic mass is 10.2. The number of aliphatic hydroxyl groups is 1. The van der Waals surface area contributed by atoms with Gasteiger partial charge in [-0.1, -0.05) is 0 Å². The first-order valence-electron chi connectivity index (χ1n) is 4.49. The minimum atomic E-state index is 0.201. The van der Waals surface area contributed by atoms with Gasteiger partial charge in [0.1, 0.15) is 11.5 Å². The molecule has 0 aliphatic rings. The fraction of sp³-hybridized carbons (Fsp3) is 0.600. The van der Waals surface area contributed by atoms with E-state index in [2.05, 4.69) is 4.90 Å². The third-order valence-corrected chi connectivity index (χ3v) is 2.07. The number of furan rings is 1. The zero-order valence-electron chi connectivity index (χ0n) is 8.50. The SMILES string of the molecule is Cc1cc(CN(C)CCO)c(C)o1. The Morgan fingerprint density at radius 1 is 1.46 bits per heavy atom. The van der Waals surface area contributed by atoms with Crippen LogP contribution in [0.3, 0.4) is 0 Å². The maximum atomic E-state index is 8.72. The van der Waals surface area contributed by atoms with Gasteiger partial charge in [0.2, 0.25) is 0 Å². The highest BCUT2D eigenvalue weighted by molar-refractivity contribution is 5.19. The normalized spacial score (nSPS) is 11.2. The van der Waals surface area contributed by atoms with Crippen molar-refractivity contribution in [1.29, 1.82) is 0 Å². The van der Waals surface area contributed by atoms with Crippen molar-refractivity contribution in [3.8, 4) is 0 Å². The van der Waals surface area contributed by atoms with E-state index in [-0.39, 0.29) is 6.61 Å². The standard InChI is InChI=1S/C10H17NO2/c1-8-6-10(9(2)13-8)7-11(3)4-5-12/h6,12H,4-5,7H2,1-3H3. The minimum Gasteiger partial charge on any atom is -0.466 e. The van der Waals surface area contributed by atoms with E-state index in [1.54, 1.807) is 0 Å². The Morgan fingerprint density at radius 3 is 2.62 bits per heavy atom. The second-order valence-corrected chi connectivity index (χ2v) is 3.40. The molecule has 74 valence electrons.